The van der Waals surface area contributed by atoms with Crippen LogP contribution in [-0.2, 0) is 6.61 Å². The van der Waals surface area contributed by atoms with Gasteiger partial charge in [-0.1, -0.05) is 12.1 Å². The summed E-state index contributed by atoms with van der Waals surface area (Å²) in [4.78, 5) is 4.15. The van der Waals surface area contributed by atoms with Gasteiger partial charge in [-0.3, -0.25) is 0 Å². The summed E-state index contributed by atoms with van der Waals surface area (Å²) in [6, 6.07) is 8.24. The lowest BCUT2D eigenvalue weighted by Gasteiger charge is -2.13. The minimum absolute atomic E-state index is 0.398. The molecule has 0 radical (unpaired) electrons. The van der Waals surface area contributed by atoms with Gasteiger partial charge >= 0.3 is 0 Å². The van der Waals surface area contributed by atoms with Crippen molar-refractivity contribution in [3.8, 4) is 5.75 Å². The molecule has 0 saturated heterocycles. The highest BCUT2D eigenvalue weighted by Gasteiger charge is 2.06. The van der Waals surface area contributed by atoms with Crippen molar-refractivity contribution in [2.24, 2.45) is 0 Å². The Morgan fingerprint density at radius 1 is 1.35 bits per heavy atom. The minimum Gasteiger partial charge on any atom is -0.486 e. The van der Waals surface area contributed by atoms with Crippen LogP contribution in [-0.4, -0.2) is 9.55 Å². The highest BCUT2D eigenvalue weighted by atomic mass is 79.9. The number of para-hydroxylation sites is 1. The third kappa shape index (κ3) is 2.88. The Bertz CT molecular complexity index is 494. The molecule has 3 nitrogen and oxygen atoms in total. The zero-order chi connectivity index (χ0) is 12.3. The number of halogens is 1. The predicted molar refractivity (Wildman–Crippen MR) is 71.1 cm³/mol. The molecule has 1 aromatic heterocycles. The Labute approximate surface area is 110 Å². The minimum atomic E-state index is 0.398. The largest absolute Gasteiger partial charge is 0.486 e. The number of hydrogen-bond acceptors (Lipinski definition) is 2. The number of benzene rings is 1. The summed E-state index contributed by atoms with van der Waals surface area (Å²) in [5.41, 5.74) is 1.08. The molecular formula is C13H15BrN2O. The molecule has 0 unspecified atom stereocenters. The molecule has 0 fully saturated rings. The molecule has 4 heteroatoms. The van der Waals surface area contributed by atoms with E-state index in [9.17, 15) is 0 Å². The highest BCUT2D eigenvalue weighted by Crippen LogP contribution is 2.24. The Kier molecular flexibility index (Phi) is 3.84. The summed E-state index contributed by atoms with van der Waals surface area (Å²) >= 11 is 3.46. The Morgan fingerprint density at radius 2 is 2.12 bits per heavy atom. The van der Waals surface area contributed by atoms with E-state index in [0.29, 0.717) is 12.6 Å². The first-order chi connectivity index (χ1) is 8.18. The summed E-state index contributed by atoms with van der Waals surface area (Å²) in [5.74, 6) is 0.851. The molecule has 0 N–H and O–H groups in total. The van der Waals surface area contributed by atoms with Crippen LogP contribution in [0, 0.1) is 0 Å². The van der Waals surface area contributed by atoms with Gasteiger partial charge in [-0.2, -0.15) is 0 Å². The van der Waals surface area contributed by atoms with Gasteiger partial charge in [0, 0.05) is 6.04 Å². The van der Waals surface area contributed by atoms with Gasteiger partial charge < -0.3 is 9.30 Å². The third-order valence-corrected chi connectivity index (χ3v) is 3.17. The molecule has 1 heterocycles. The van der Waals surface area contributed by atoms with Crippen molar-refractivity contribution in [3.63, 3.8) is 0 Å². The molecule has 0 amide bonds. The number of imidazole rings is 1. The fraction of sp³-hybridized carbons (Fsp3) is 0.308. The summed E-state index contributed by atoms with van der Waals surface area (Å²) in [6.45, 7) is 4.79. The van der Waals surface area contributed by atoms with E-state index in [0.717, 1.165) is 15.9 Å². The molecule has 0 spiro atoms. The lowest BCUT2D eigenvalue weighted by atomic mass is 10.3. The van der Waals surface area contributed by atoms with Crippen molar-refractivity contribution in [2.75, 3.05) is 0 Å². The number of hydrogen-bond donors (Lipinski definition) is 0. The van der Waals surface area contributed by atoms with E-state index in [1.54, 1.807) is 0 Å². The van der Waals surface area contributed by atoms with Gasteiger partial charge in [0.2, 0.25) is 0 Å². The van der Waals surface area contributed by atoms with Gasteiger partial charge in [-0.05, 0) is 41.9 Å². The summed E-state index contributed by atoms with van der Waals surface area (Å²) < 4.78 is 8.84. The molecule has 2 aromatic rings. The van der Waals surface area contributed by atoms with Crippen LogP contribution in [0.3, 0.4) is 0 Å². The van der Waals surface area contributed by atoms with Crippen molar-refractivity contribution in [2.45, 2.75) is 26.5 Å². The molecule has 0 aliphatic rings. The third-order valence-electron chi connectivity index (χ3n) is 2.51. The van der Waals surface area contributed by atoms with Crippen molar-refractivity contribution in [1.82, 2.24) is 9.55 Å². The van der Waals surface area contributed by atoms with Crippen LogP contribution in [0.4, 0.5) is 0 Å². The average molecular weight is 295 g/mol. The quantitative estimate of drug-likeness (QED) is 0.857. The first-order valence-corrected chi connectivity index (χ1v) is 6.36. The number of nitrogens with zero attached hydrogens (tertiary/aromatic N) is 2. The monoisotopic (exact) mass is 294 g/mol. The van der Waals surface area contributed by atoms with Gasteiger partial charge in [0.15, 0.2) is 0 Å². The second-order valence-corrected chi connectivity index (χ2v) is 4.96. The van der Waals surface area contributed by atoms with E-state index in [1.165, 1.54) is 0 Å². The standard InChI is InChI=1S/C13H15BrN2O/c1-10(2)16-9-15-7-11(16)8-17-13-6-4-3-5-12(13)14/h3-7,9-10H,8H2,1-2H3. The van der Waals surface area contributed by atoms with Crippen molar-refractivity contribution >= 4 is 15.9 Å². The maximum absolute atomic E-state index is 5.76. The Hall–Kier alpha value is -1.29. The zero-order valence-electron chi connectivity index (χ0n) is 9.93. The van der Waals surface area contributed by atoms with Gasteiger partial charge in [0.25, 0.3) is 0 Å². The number of ether oxygens (including phenoxy) is 1. The zero-order valence-corrected chi connectivity index (χ0v) is 11.5. The average Bonchev–Trinajstić information content (AvgIpc) is 2.76. The van der Waals surface area contributed by atoms with Crippen LogP contribution in [0.2, 0.25) is 0 Å². The molecule has 0 saturated carbocycles. The van der Waals surface area contributed by atoms with E-state index in [2.05, 4.69) is 39.3 Å². The lowest BCUT2D eigenvalue weighted by Crippen LogP contribution is -2.07. The second kappa shape index (κ2) is 5.36. The molecule has 90 valence electrons. The second-order valence-electron chi connectivity index (χ2n) is 4.11. The normalized spacial score (nSPS) is 10.8. The van der Waals surface area contributed by atoms with E-state index in [1.807, 2.05) is 36.8 Å². The van der Waals surface area contributed by atoms with E-state index in [4.69, 9.17) is 4.74 Å². The van der Waals surface area contributed by atoms with Crippen LogP contribution in [0.1, 0.15) is 25.6 Å². The van der Waals surface area contributed by atoms with Crippen LogP contribution >= 0.6 is 15.9 Å². The van der Waals surface area contributed by atoms with Gasteiger partial charge in [0.05, 0.1) is 22.7 Å². The van der Waals surface area contributed by atoms with Gasteiger partial charge in [-0.15, -0.1) is 0 Å². The SMILES string of the molecule is CC(C)n1cncc1COc1ccccc1Br. The Morgan fingerprint density at radius 3 is 2.82 bits per heavy atom. The van der Waals surface area contributed by atoms with Crippen LogP contribution < -0.4 is 4.74 Å². The predicted octanol–water partition coefficient (Wildman–Crippen LogP) is 3.81. The van der Waals surface area contributed by atoms with Crippen molar-refractivity contribution in [3.05, 3.63) is 47.0 Å². The topological polar surface area (TPSA) is 27.1 Å². The summed E-state index contributed by atoms with van der Waals surface area (Å²) in [6.07, 6.45) is 3.68. The van der Waals surface area contributed by atoms with Crippen LogP contribution in [0.25, 0.3) is 0 Å². The summed E-state index contributed by atoms with van der Waals surface area (Å²) in [7, 11) is 0. The molecule has 0 atom stereocenters. The summed E-state index contributed by atoms with van der Waals surface area (Å²) in [5, 5.41) is 0. The maximum atomic E-state index is 5.76. The Balaban J connectivity index is 2.08. The van der Waals surface area contributed by atoms with Crippen LogP contribution in [0.15, 0.2) is 41.3 Å². The molecule has 2 rings (SSSR count). The lowest BCUT2D eigenvalue weighted by molar-refractivity contribution is 0.290. The molecule has 0 aliphatic heterocycles. The van der Waals surface area contributed by atoms with Crippen molar-refractivity contribution < 1.29 is 4.74 Å². The fourth-order valence-electron chi connectivity index (χ4n) is 1.62. The molecule has 0 bridgehead atoms. The van der Waals surface area contributed by atoms with E-state index < -0.39 is 0 Å². The smallest absolute Gasteiger partial charge is 0.134 e. The van der Waals surface area contributed by atoms with Crippen molar-refractivity contribution in [1.29, 1.82) is 0 Å². The molecule has 1 aromatic carbocycles. The molecule has 17 heavy (non-hydrogen) atoms. The van der Waals surface area contributed by atoms with E-state index in [-0.39, 0.29) is 0 Å². The first-order valence-electron chi connectivity index (χ1n) is 5.56. The van der Waals surface area contributed by atoms with Gasteiger partial charge in [0.1, 0.15) is 12.4 Å². The highest BCUT2D eigenvalue weighted by molar-refractivity contribution is 9.10. The first kappa shape index (κ1) is 12.2. The number of rotatable bonds is 4. The van der Waals surface area contributed by atoms with Crippen LogP contribution in [0.5, 0.6) is 5.75 Å². The number of aromatic nitrogens is 2. The fourth-order valence-corrected chi connectivity index (χ4v) is 2.02. The molecule has 0 aliphatic carbocycles. The van der Waals surface area contributed by atoms with E-state index >= 15 is 0 Å². The molecular weight excluding hydrogens is 280 g/mol. The van der Waals surface area contributed by atoms with Gasteiger partial charge in [-0.25, -0.2) is 4.98 Å². The maximum Gasteiger partial charge on any atom is 0.134 e.